The molecular formula is C25H26N4O3. The van der Waals surface area contributed by atoms with Gasteiger partial charge in [0.1, 0.15) is 0 Å². The standard InChI is InChI=1S/C25H26N4O3/c1-2-23(30)27-16-18-8-3-4-9-19(18)24(31)28-12-7-13-29(15-14-28)25(32)21-17-26-22-11-6-5-10-20(21)22/h2-6,8-11,17,26H,1,7,12-16H2,(H,27,30). The third kappa shape index (κ3) is 4.42. The molecule has 0 aliphatic carbocycles. The van der Waals surface area contributed by atoms with Crippen LogP contribution >= 0.6 is 0 Å². The molecule has 1 fully saturated rings. The zero-order chi connectivity index (χ0) is 22.5. The Bertz CT molecular complexity index is 1170. The number of rotatable bonds is 5. The van der Waals surface area contributed by atoms with Crippen molar-refractivity contribution in [1.82, 2.24) is 20.1 Å². The van der Waals surface area contributed by atoms with Crippen molar-refractivity contribution in [1.29, 1.82) is 0 Å². The van der Waals surface area contributed by atoms with E-state index in [4.69, 9.17) is 0 Å². The number of benzene rings is 2. The largest absolute Gasteiger partial charge is 0.360 e. The van der Waals surface area contributed by atoms with Gasteiger partial charge in [0.15, 0.2) is 0 Å². The van der Waals surface area contributed by atoms with E-state index < -0.39 is 0 Å². The van der Waals surface area contributed by atoms with Gasteiger partial charge in [0.2, 0.25) is 5.91 Å². The number of nitrogens with zero attached hydrogens (tertiary/aromatic N) is 2. The van der Waals surface area contributed by atoms with Crippen molar-refractivity contribution in [3.05, 3.63) is 84.1 Å². The van der Waals surface area contributed by atoms with E-state index in [-0.39, 0.29) is 24.3 Å². The lowest BCUT2D eigenvalue weighted by Gasteiger charge is -2.23. The van der Waals surface area contributed by atoms with Crippen LogP contribution in [-0.2, 0) is 11.3 Å². The van der Waals surface area contributed by atoms with Crippen LogP contribution in [0.3, 0.4) is 0 Å². The Morgan fingerprint density at radius 2 is 1.56 bits per heavy atom. The molecule has 4 rings (SSSR count). The van der Waals surface area contributed by atoms with E-state index >= 15 is 0 Å². The number of nitrogens with one attached hydrogen (secondary N) is 2. The van der Waals surface area contributed by atoms with E-state index in [1.165, 1.54) is 6.08 Å². The van der Waals surface area contributed by atoms with E-state index in [1.54, 1.807) is 17.2 Å². The third-order valence-electron chi connectivity index (χ3n) is 5.78. The summed E-state index contributed by atoms with van der Waals surface area (Å²) < 4.78 is 0. The summed E-state index contributed by atoms with van der Waals surface area (Å²) in [6, 6.07) is 15.0. The van der Waals surface area contributed by atoms with Gasteiger partial charge in [-0.3, -0.25) is 14.4 Å². The van der Waals surface area contributed by atoms with Gasteiger partial charge in [0.25, 0.3) is 11.8 Å². The highest BCUT2D eigenvalue weighted by Gasteiger charge is 2.25. The normalized spacial score (nSPS) is 14.1. The highest BCUT2D eigenvalue weighted by Crippen LogP contribution is 2.21. The van der Waals surface area contributed by atoms with Crippen LogP contribution in [0.2, 0.25) is 0 Å². The molecule has 1 saturated heterocycles. The lowest BCUT2D eigenvalue weighted by Crippen LogP contribution is -2.37. The summed E-state index contributed by atoms with van der Waals surface area (Å²) >= 11 is 0. The molecule has 0 radical (unpaired) electrons. The van der Waals surface area contributed by atoms with E-state index in [2.05, 4.69) is 16.9 Å². The molecule has 7 heteroatoms. The first-order valence-corrected chi connectivity index (χ1v) is 10.7. The second-order valence-corrected chi connectivity index (χ2v) is 7.76. The predicted octanol–water partition coefficient (Wildman–Crippen LogP) is 2.96. The number of H-pyrrole nitrogens is 1. The molecule has 1 aromatic heterocycles. The minimum Gasteiger partial charge on any atom is -0.360 e. The maximum Gasteiger partial charge on any atom is 0.256 e. The smallest absolute Gasteiger partial charge is 0.256 e. The molecule has 3 aromatic rings. The van der Waals surface area contributed by atoms with Crippen molar-refractivity contribution < 1.29 is 14.4 Å². The molecule has 0 spiro atoms. The molecule has 1 aliphatic heterocycles. The number of amides is 3. The molecule has 2 heterocycles. The van der Waals surface area contributed by atoms with Crippen LogP contribution in [0.25, 0.3) is 10.9 Å². The highest BCUT2D eigenvalue weighted by atomic mass is 16.2. The first-order chi connectivity index (χ1) is 15.6. The fourth-order valence-corrected chi connectivity index (χ4v) is 4.05. The Hall–Kier alpha value is -3.87. The van der Waals surface area contributed by atoms with Crippen LogP contribution in [0.5, 0.6) is 0 Å². The van der Waals surface area contributed by atoms with Crippen molar-refractivity contribution in [2.45, 2.75) is 13.0 Å². The van der Waals surface area contributed by atoms with Crippen LogP contribution in [0.15, 0.2) is 67.4 Å². The Morgan fingerprint density at radius 1 is 0.906 bits per heavy atom. The minimum atomic E-state index is -0.284. The average Bonchev–Trinajstić information content (AvgIpc) is 3.10. The molecule has 2 N–H and O–H groups in total. The SMILES string of the molecule is C=CC(=O)NCc1ccccc1C(=O)N1CCCN(C(=O)c2c[nH]c3ccccc23)CC1. The fourth-order valence-electron chi connectivity index (χ4n) is 4.05. The first-order valence-electron chi connectivity index (χ1n) is 10.7. The van der Waals surface area contributed by atoms with Gasteiger partial charge in [-0.2, -0.15) is 0 Å². The van der Waals surface area contributed by atoms with Gasteiger partial charge >= 0.3 is 0 Å². The van der Waals surface area contributed by atoms with Crippen LogP contribution < -0.4 is 5.32 Å². The Balaban J connectivity index is 1.45. The van der Waals surface area contributed by atoms with Gasteiger partial charge in [0, 0.05) is 55.4 Å². The molecule has 0 bridgehead atoms. The Morgan fingerprint density at radius 3 is 2.31 bits per heavy atom. The van der Waals surface area contributed by atoms with Crippen LogP contribution in [0.4, 0.5) is 0 Å². The lowest BCUT2D eigenvalue weighted by atomic mass is 10.1. The predicted molar refractivity (Wildman–Crippen MR) is 123 cm³/mol. The monoisotopic (exact) mass is 430 g/mol. The van der Waals surface area contributed by atoms with Gasteiger partial charge < -0.3 is 20.1 Å². The second-order valence-electron chi connectivity index (χ2n) is 7.76. The zero-order valence-corrected chi connectivity index (χ0v) is 17.8. The lowest BCUT2D eigenvalue weighted by molar-refractivity contribution is -0.116. The molecule has 3 amide bonds. The number of fused-ring (bicyclic) bond motifs is 1. The summed E-state index contributed by atoms with van der Waals surface area (Å²) in [7, 11) is 0. The van der Waals surface area contributed by atoms with Crippen molar-refractivity contribution in [2.75, 3.05) is 26.2 Å². The Kier molecular flexibility index (Phi) is 6.35. The first kappa shape index (κ1) is 21.4. The number of hydrogen-bond acceptors (Lipinski definition) is 3. The Labute approximate surface area is 186 Å². The molecule has 7 nitrogen and oxygen atoms in total. The number of aromatic nitrogens is 1. The third-order valence-corrected chi connectivity index (χ3v) is 5.78. The summed E-state index contributed by atoms with van der Waals surface area (Å²) in [5.74, 6) is -0.396. The molecule has 0 saturated carbocycles. The van der Waals surface area contributed by atoms with E-state index in [0.29, 0.717) is 43.7 Å². The van der Waals surface area contributed by atoms with Crippen molar-refractivity contribution in [3.63, 3.8) is 0 Å². The van der Waals surface area contributed by atoms with Crippen LogP contribution in [-0.4, -0.2) is 58.7 Å². The fraction of sp³-hybridized carbons (Fsp3) is 0.240. The number of aromatic amines is 1. The summed E-state index contributed by atoms with van der Waals surface area (Å²) in [4.78, 5) is 44.7. The highest BCUT2D eigenvalue weighted by molar-refractivity contribution is 6.06. The van der Waals surface area contributed by atoms with Crippen LogP contribution in [0, 0.1) is 0 Å². The molecule has 164 valence electrons. The summed E-state index contributed by atoms with van der Waals surface area (Å²) in [6.07, 6.45) is 3.67. The van der Waals surface area contributed by atoms with Crippen molar-refractivity contribution >= 4 is 28.6 Å². The van der Waals surface area contributed by atoms with Gasteiger partial charge in [-0.1, -0.05) is 43.0 Å². The van der Waals surface area contributed by atoms with Gasteiger partial charge in [-0.25, -0.2) is 0 Å². The summed E-state index contributed by atoms with van der Waals surface area (Å²) in [5.41, 5.74) is 2.91. The number of carbonyl (C=O) groups excluding carboxylic acids is 3. The minimum absolute atomic E-state index is 0.0238. The summed E-state index contributed by atoms with van der Waals surface area (Å²) in [5, 5.41) is 3.64. The molecule has 0 atom stereocenters. The molecule has 1 aliphatic rings. The maximum absolute atomic E-state index is 13.3. The molecule has 0 unspecified atom stereocenters. The van der Waals surface area contributed by atoms with Crippen molar-refractivity contribution in [2.24, 2.45) is 0 Å². The maximum atomic E-state index is 13.3. The average molecular weight is 431 g/mol. The van der Waals surface area contributed by atoms with E-state index in [1.807, 2.05) is 47.4 Å². The topological polar surface area (TPSA) is 85.5 Å². The number of carbonyl (C=O) groups is 3. The van der Waals surface area contributed by atoms with Gasteiger partial charge in [-0.05, 0) is 30.2 Å². The van der Waals surface area contributed by atoms with Gasteiger partial charge in [0.05, 0.1) is 5.56 Å². The quantitative estimate of drug-likeness (QED) is 0.611. The zero-order valence-electron chi connectivity index (χ0n) is 17.8. The van der Waals surface area contributed by atoms with Crippen molar-refractivity contribution in [3.8, 4) is 0 Å². The molecular weight excluding hydrogens is 404 g/mol. The van der Waals surface area contributed by atoms with E-state index in [9.17, 15) is 14.4 Å². The van der Waals surface area contributed by atoms with Gasteiger partial charge in [-0.15, -0.1) is 0 Å². The molecule has 32 heavy (non-hydrogen) atoms. The summed E-state index contributed by atoms with van der Waals surface area (Å²) in [6.45, 7) is 5.81. The second kappa shape index (κ2) is 9.51. The van der Waals surface area contributed by atoms with Crippen LogP contribution in [0.1, 0.15) is 32.7 Å². The number of para-hydroxylation sites is 1. The molecule has 2 aromatic carbocycles. The van der Waals surface area contributed by atoms with E-state index in [0.717, 1.165) is 16.5 Å². The number of hydrogen-bond donors (Lipinski definition) is 2.